The van der Waals surface area contributed by atoms with Crippen molar-refractivity contribution in [1.29, 1.82) is 0 Å². The Labute approximate surface area is 89.6 Å². The Morgan fingerprint density at radius 3 is 1.00 bits per heavy atom. The fourth-order valence-electron chi connectivity index (χ4n) is 0. The van der Waals surface area contributed by atoms with Crippen LogP contribution in [0.15, 0.2) is 0 Å². The molecule has 0 heterocycles. The van der Waals surface area contributed by atoms with Crippen LogP contribution in [0.25, 0.3) is 0 Å². The van der Waals surface area contributed by atoms with Crippen LogP contribution in [0.5, 0.6) is 0 Å². The van der Waals surface area contributed by atoms with Crippen LogP contribution >= 0.6 is 59.9 Å². The van der Waals surface area contributed by atoms with E-state index in [-0.39, 0.29) is 4.92 Å². The van der Waals surface area contributed by atoms with Crippen molar-refractivity contribution in [3.63, 3.8) is 0 Å². The quantitative estimate of drug-likeness (QED) is 0.445. The molecule has 0 aliphatic rings. The van der Waals surface area contributed by atoms with Crippen molar-refractivity contribution < 1.29 is 4.92 Å². The third-order valence-corrected chi connectivity index (χ3v) is 0. The molecular formula is C4H10I3V. The first kappa shape index (κ1) is 13.4. The summed E-state index contributed by atoms with van der Waals surface area (Å²) in [6.07, 6.45) is 0. The van der Waals surface area contributed by atoms with E-state index in [4.69, 9.17) is 0 Å². The molecule has 0 spiro atoms. The fraction of sp³-hybridized carbons (Fsp3) is 1.00. The van der Waals surface area contributed by atoms with Crippen LogP contribution in [0.3, 0.4) is 0 Å². The molecule has 0 aromatic carbocycles. The predicted molar refractivity (Wildman–Crippen MR) is 62.6 cm³/mol. The minimum absolute atomic E-state index is 0.278. The van der Waals surface area contributed by atoms with Gasteiger partial charge in [0.1, 0.15) is 0 Å². The first-order chi connectivity index (χ1) is 3.46. The summed E-state index contributed by atoms with van der Waals surface area (Å²) in [5, 5.41) is 0. The van der Waals surface area contributed by atoms with Gasteiger partial charge in [0.2, 0.25) is 0 Å². The molecule has 0 fully saturated rings. The van der Waals surface area contributed by atoms with E-state index in [2.05, 4.69) is 80.7 Å². The van der Waals surface area contributed by atoms with Crippen LogP contribution in [0.4, 0.5) is 0 Å². The zero-order valence-electron chi connectivity index (χ0n) is 5.16. The molecule has 0 atom stereocenters. The Bertz CT molecular complexity index is 26.8. The molecule has 0 saturated carbocycles. The van der Waals surface area contributed by atoms with Crippen LogP contribution in [-0.2, 0) is 4.92 Å². The van der Waals surface area contributed by atoms with E-state index < -0.39 is 0 Å². The molecule has 0 bridgehead atoms. The SMILES string of the molecule is CC(C)C.[I][V]([I])[I]. The summed E-state index contributed by atoms with van der Waals surface area (Å²) in [5.41, 5.74) is 0. The van der Waals surface area contributed by atoms with Crippen LogP contribution in [0, 0.1) is 5.92 Å². The summed E-state index contributed by atoms with van der Waals surface area (Å²) in [7, 11) is 0. The van der Waals surface area contributed by atoms with Crippen LogP contribution < -0.4 is 0 Å². The maximum atomic E-state index is 2.46. The van der Waals surface area contributed by atoms with Crippen molar-refractivity contribution in [2.24, 2.45) is 5.92 Å². The average Bonchev–Trinajstić information content (AvgIpc) is 1.25. The van der Waals surface area contributed by atoms with Gasteiger partial charge >= 0.3 is 64.9 Å². The molecule has 0 aliphatic heterocycles. The number of hydrogen-bond donors (Lipinski definition) is 0. The van der Waals surface area contributed by atoms with Crippen molar-refractivity contribution >= 4 is 59.9 Å². The molecule has 0 nitrogen and oxygen atoms in total. The van der Waals surface area contributed by atoms with Gasteiger partial charge in [-0.25, -0.2) is 0 Å². The van der Waals surface area contributed by atoms with E-state index >= 15 is 0 Å². The van der Waals surface area contributed by atoms with Crippen LogP contribution in [-0.4, -0.2) is 0 Å². The first-order valence-corrected chi connectivity index (χ1v) is 15.8. The summed E-state index contributed by atoms with van der Waals surface area (Å²) < 4.78 is 0. The van der Waals surface area contributed by atoms with E-state index in [1.165, 1.54) is 0 Å². The third-order valence-electron chi connectivity index (χ3n) is 0. The molecule has 0 radical (unpaired) electrons. The molecule has 0 N–H and O–H groups in total. The van der Waals surface area contributed by atoms with Crippen molar-refractivity contribution in [3.8, 4) is 0 Å². The third kappa shape index (κ3) is 68.9. The van der Waals surface area contributed by atoms with Crippen molar-refractivity contribution in [1.82, 2.24) is 0 Å². The Balaban J connectivity index is 0. The number of halogens is 3. The summed E-state index contributed by atoms with van der Waals surface area (Å²) in [5.74, 6) is 0.833. The Hall–Kier alpha value is 2.77. The number of hydrogen-bond acceptors (Lipinski definition) is 0. The minimum atomic E-state index is -0.278. The predicted octanol–water partition coefficient (Wildman–Crippen LogP) is 4.32. The molecule has 0 unspecified atom stereocenters. The van der Waals surface area contributed by atoms with Crippen LogP contribution in [0.1, 0.15) is 20.8 Å². The normalized spacial score (nSPS) is 9.00. The summed E-state index contributed by atoms with van der Waals surface area (Å²) in [4.78, 5) is -0.278. The Kier molecular flexibility index (Phi) is 16.3. The zero-order valence-corrected chi connectivity index (χ0v) is 13.0. The van der Waals surface area contributed by atoms with Gasteiger partial charge in [-0.2, -0.15) is 0 Å². The number of rotatable bonds is 0. The first-order valence-electron chi connectivity index (χ1n) is 2.24. The van der Waals surface area contributed by atoms with Gasteiger partial charge in [-0.15, -0.1) is 0 Å². The van der Waals surface area contributed by atoms with E-state index in [1.54, 1.807) is 0 Å². The fourth-order valence-corrected chi connectivity index (χ4v) is 0. The van der Waals surface area contributed by atoms with Gasteiger partial charge < -0.3 is 0 Å². The molecule has 52 valence electrons. The molecule has 0 aromatic rings. The molecule has 0 aromatic heterocycles. The second-order valence-corrected chi connectivity index (χ2v) is 37.3. The molecular weight excluding hydrogens is 480 g/mol. The molecule has 0 saturated heterocycles. The van der Waals surface area contributed by atoms with Gasteiger partial charge in [0.25, 0.3) is 0 Å². The van der Waals surface area contributed by atoms with Gasteiger partial charge in [0.15, 0.2) is 0 Å². The van der Waals surface area contributed by atoms with Crippen LogP contribution in [0.2, 0.25) is 0 Å². The van der Waals surface area contributed by atoms with Gasteiger partial charge in [-0.05, 0) is 5.92 Å². The van der Waals surface area contributed by atoms with Gasteiger partial charge in [0, 0.05) is 0 Å². The Morgan fingerprint density at radius 2 is 1.00 bits per heavy atom. The summed E-state index contributed by atoms with van der Waals surface area (Å²) in [6, 6.07) is 0. The van der Waals surface area contributed by atoms with Crippen molar-refractivity contribution in [3.05, 3.63) is 0 Å². The Morgan fingerprint density at radius 1 is 1.00 bits per heavy atom. The topological polar surface area (TPSA) is 0 Å². The second-order valence-electron chi connectivity index (χ2n) is 1.92. The maximum absolute atomic E-state index is 2.46. The van der Waals surface area contributed by atoms with Gasteiger partial charge in [-0.1, -0.05) is 20.8 Å². The molecule has 0 aliphatic carbocycles. The molecule has 0 amide bonds. The second kappa shape index (κ2) is 9.77. The molecule has 0 rings (SSSR count). The van der Waals surface area contributed by atoms with Gasteiger partial charge in [0.05, 0.1) is 0 Å². The van der Waals surface area contributed by atoms with Gasteiger partial charge in [-0.3, -0.25) is 0 Å². The van der Waals surface area contributed by atoms with E-state index in [9.17, 15) is 0 Å². The van der Waals surface area contributed by atoms with E-state index in [0.29, 0.717) is 0 Å². The zero-order chi connectivity index (χ0) is 7.15. The summed E-state index contributed by atoms with van der Waals surface area (Å²) >= 11 is 7.39. The monoisotopic (exact) mass is 490 g/mol. The van der Waals surface area contributed by atoms with E-state index in [0.717, 1.165) is 5.92 Å². The standard InChI is InChI=1S/C4H10.3HI.V/c1-4(2)3;;;;/h4H,1-3H3;3*1H;/q;;;;+3/p-3. The van der Waals surface area contributed by atoms with E-state index in [1.807, 2.05) is 0 Å². The van der Waals surface area contributed by atoms with Crippen molar-refractivity contribution in [2.75, 3.05) is 0 Å². The molecule has 4 heteroatoms. The molecule has 8 heavy (non-hydrogen) atoms. The average molecular weight is 490 g/mol. The summed E-state index contributed by atoms with van der Waals surface area (Å²) in [6.45, 7) is 6.50. The van der Waals surface area contributed by atoms with Crippen molar-refractivity contribution in [2.45, 2.75) is 20.8 Å².